The van der Waals surface area contributed by atoms with Gasteiger partial charge in [0.15, 0.2) is 11.5 Å². The minimum atomic E-state index is 0.0925. The number of carbonyl (C=O) groups is 2. The third-order valence-corrected chi connectivity index (χ3v) is 6.40. The van der Waals surface area contributed by atoms with Gasteiger partial charge < -0.3 is 24.6 Å². The van der Waals surface area contributed by atoms with Gasteiger partial charge in [-0.25, -0.2) is 4.98 Å². The van der Waals surface area contributed by atoms with Gasteiger partial charge in [0.1, 0.15) is 11.3 Å². The number of hydrogen-bond acceptors (Lipinski definition) is 7. The first-order chi connectivity index (χ1) is 16.0. The third-order valence-electron chi connectivity index (χ3n) is 6.40. The van der Waals surface area contributed by atoms with Gasteiger partial charge in [-0.3, -0.25) is 9.59 Å². The van der Waals surface area contributed by atoms with Crippen molar-refractivity contribution in [1.82, 2.24) is 29.7 Å². The van der Waals surface area contributed by atoms with Crippen LogP contribution in [0.2, 0.25) is 0 Å². The Kier molecular flexibility index (Phi) is 5.57. The van der Waals surface area contributed by atoms with Crippen molar-refractivity contribution in [2.24, 2.45) is 0 Å². The van der Waals surface area contributed by atoms with Crippen molar-refractivity contribution in [3.63, 3.8) is 0 Å². The van der Waals surface area contributed by atoms with Gasteiger partial charge >= 0.3 is 0 Å². The van der Waals surface area contributed by atoms with Gasteiger partial charge in [0.05, 0.1) is 0 Å². The standard InChI is InChI=1S/C23H28N8O2/c1-16(32)28-8-12-30(13-9-28)22-19-21(25-20(24-19)18-6-4-3-5-7-18)26-23(27-22)31-14-10-29(11-15-31)17(2)33/h3-7H,8-15H2,1-2H3,(H,24,25,26,27). The first-order valence-electron chi connectivity index (χ1n) is 11.3. The van der Waals surface area contributed by atoms with E-state index >= 15 is 0 Å². The number of aromatic amines is 1. The fourth-order valence-electron chi connectivity index (χ4n) is 4.43. The Morgan fingerprint density at radius 3 is 1.91 bits per heavy atom. The van der Waals surface area contributed by atoms with Crippen LogP contribution >= 0.6 is 0 Å². The molecule has 2 amide bonds. The highest BCUT2D eigenvalue weighted by atomic mass is 16.2. The predicted octanol–water partition coefficient (Wildman–Crippen LogP) is 1.36. The largest absolute Gasteiger partial charge is 0.351 e. The van der Waals surface area contributed by atoms with E-state index in [0.717, 1.165) is 22.7 Å². The molecule has 5 rings (SSSR count). The molecule has 2 fully saturated rings. The summed E-state index contributed by atoms with van der Waals surface area (Å²) < 4.78 is 0. The van der Waals surface area contributed by atoms with Gasteiger partial charge in [-0.15, -0.1) is 0 Å². The SMILES string of the molecule is CC(=O)N1CCN(c2nc(N3CCN(C(C)=O)CC3)c3[nH]c(-c4ccccc4)nc3n2)CC1. The van der Waals surface area contributed by atoms with Crippen LogP contribution in [0, 0.1) is 0 Å². The highest BCUT2D eigenvalue weighted by molar-refractivity contribution is 5.87. The first-order valence-corrected chi connectivity index (χ1v) is 11.3. The molecule has 2 aliphatic rings. The third kappa shape index (κ3) is 4.20. The van der Waals surface area contributed by atoms with Gasteiger partial charge in [-0.05, 0) is 0 Å². The molecule has 33 heavy (non-hydrogen) atoms. The maximum absolute atomic E-state index is 11.8. The molecule has 0 unspecified atom stereocenters. The number of imidazole rings is 1. The summed E-state index contributed by atoms with van der Waals surface area (Å²) in [6, 6.07) is 9.97. The second kappa shape index (κ2) is 8.68. The zero-order valence-electron chi connectivity index (χ0n) is 19.0. The van der Waals surface area contributed by atoms with E-state index in [9.17, 15) is 9.59 Å². The first kappa shape index (κ1) is 21.2. The normalized spacial score (nSPS) is 17.0. The molecule has 2 aliphatic heterocycles. The maximum atomic E-state index is 11.8. The molecule has 0 aliphatic carbocycles. The smallest absolute Gasteiger partial charge is 0.229 e. The van der Waals surface area contributed by atoms with E-state index in [1.54, 1.807) is 13.8 Å². The lowest BCUT2D eigenvalue weighted by molar-refractivity contribution is -0.129. The molecule has 1 aromatic carbocycles. The van der Waals surface area contributed by atoms with Crippen molar-refractivity contribution in [2.45, 2.75) is 13.8 Å². The van der Waals surface area contributed by atoms with E-state index in [4.69, 9.17) is 15.0 Å². The van der Waals surface area contributed by atoms with Crippen molar-refractivity contribution in [3.8, 4) is 11.4 Å². The highest BCUT2D eigenvalue weighted by Gasteiger charge is 2.26. The molecule has 0 bridgehead atoms. The Bertz CT molecular complexity index is 1160. The number of carbonyl (C=O) groups excluding carboxylic acids is 2. The van der Waals surface area contributed by atoms with Gasteiger partial charge in [-0.1, -0.05) is 30.3 Å². The Morgan fingerprint density at radius 1 is 0.758 bits per heavy atom. The molecule has 3 aromatic rings. The number of benzene rings is 1. The fraction of sp³-hybridized carbons (Fsp3) is 0.435. The van der Waals surface area contributed by atoms with Crippen LogP contribution in [-0.2, 0) is 9.59 Å². The topological polar surface area (TPSA) is 102 Å². The van der Waals surface area contributed by atoms with E-state index in [0.29, 0.717) is 64.0 Å². The summed E-state index contributed by atoms with van der Waals surface area (Å²) in [5.74, 6) is 2.37. The quantitative estimate of drug-likeness (QED) is 0.645. The van der Waals surface area contributed by atoms with Crippen LogP contribution < -0.4 is 9.80 Å². The van der Waals surface area contributed by atoms with Crippen LogP contribution in [0.4, 0.5) is 11.8 Å². The minimum Gasteiger partial charge on any atom is -0.351 e. The van der Waals surface area contributed by atoms with E-state index < -0.39 is 0 Å². The molecule has 2 saturated heterocycles. The number of hydrogen-bond donors (Lipinski definition) is 1. The number of rotatable bonds is 3. The number of nitrogens with one attached hydrogen (secondary N) is 1. The number of aromatic nitrogens is 4. The summed E-state index contributed by atoms with van der Waals surface area (Å²) in [5, 5.41) is 0. The molecule has 4 heterocycles. The van der Waals surface area contributed by atoms with Gasteiger partial charge in [0, 0.05) is 71.8 Å². The molecule has 0 atom stereocenters. The lowest BCUT2D eigenvalue weighted by Gasteiger charge is -2.36. The lowest BCUT2D eigenvalue weighted by atomic mass is 10.2. The molecule has 2 aromatic heterocycles. The van der Waals surface area contributed by atoms with E-state index in [1.807, 2.05) is 40.1 Å². The van der Waals surface area contributed by atoms with Crippen molar-refractivity contribution < 1.29 is 9.59 Å². The van der Waals surface area contributed by atoms with Crippen LogP contribution in [0.3, 0.4) is 0 Å². The highest BCUT2D eigenvalue weighted by Crippen LogP contribution is 2.29. The molecular formula is C23H28N8O2. The van der Waals surface area contributed by atoms with E-state index in [2.05, 4.69) is 14.8 Å². The Balaban J connectivity index is 1.51. The summed E-state index contributed by atoms with van der Waals surface area (Å²) in [6.45, 7) is 8.59. The van der Waals surface area contributed by atoms with Crippen LogP contribution in [0.1, 0.15) is 13.8 Å². The van der Waals surface area contributed by atoms with Crippen LogP contribution in [0.25, 0.3) is 22.6 Å². The lowest BCUT2D eigenvalue weighted by Crippen LogP contribution is -2.49. The summed E-state index contributed by atoms with van der Waals surface area (Å²) in [6.07, 6.45) is 0. The molecule has 172 valence electrons. The Labute approximate surface area is 192 Å². The van der Waals surface area contributed by atoms with Crippen LogP contribution in [-0.4, -0.2) is 93.9 Å². The number of nitrogens with zero attached hydrogens (tertiary/aromatic N) is 7. The average Bonchev–Trinajstić information content (AvgIpc) is 3.28. The van der Waals surface area contributed by atoms with Crippen molar-refractivity contribution in [3.05, 3.63) is 30.3 Å². The van der Waals surface area contributed by atoms with Gasteiger partial charge in [0.2, 0.25) is 17.8 Å². The maximum Gasteiger partial charge on any atom is 0.229 e. The summed E-state index contributed by atoms with van der Waals surface area (Å²) in [7, 11) is 0. The second-order valence-electron chi connectivity index (χ2n) is 8.48. The van der Waals surface area contributed by atoms with Crippen molar-refractivity contribution in [1.29, 1.82) is 0 Å². The molecule has 1 N–H and O–H groups in total. The number of fused-ring (bicyclic) bond motifs is 1. The summed E-state index contributed by atoms with van der Waals surface area (Å²) >= 11 is 0. The number of piperazine rings is 2. The molecular weight excluding hydrogens is 420 g/mol. The Morgan fingerprint density at radius 2 is 1.33 bits per heavy atom. The van der Waals surface area contributed by atoms with E-state index in [-0.39, 0.29) is 11.8 Å². The van der Waals surface area contributed by atoms with Crippen molar-refractivity contribution in [2.75, 3.05) is 62.2 Å². The molecule has 0 spiro atoms. The number of H-pyrrole nitrogens is 1. The van der Waals surface area contributed by atoms with Gasteiger partial charge in [-0.2, -0.15) is 9.97 Å². The summed E-state index contributed by atoms with van der Waals surface area (Å²) in [4.78, 5) is 49.5. The molecule has 0 saturated carbocycles. The molecule has 0 radical (unpaired) electrons. The zero-order valence-corrected chi connectivity index (χ0v) is 19.0. The minimum absolute atomic E-state index is 0.0925. The van der Waals surface area contributed by atoms with Gasteiger partial charge in [0.25, 0.3) is 0 Å². The molecule has 10 heteroatoms. The zero-order chi connectivity index (χ0) is 22.9. The van der Waals surface area contributed by atoms with Crippen LogP contribution in [0.5, 0.6) is 0 Å². The Hall–Kier alpha value is -3.69. The fourth-order valence-corrected chi connectivity index (χ4v) is 4.43. The average molecular weight is 449 g/mol. The van der Waals surface area contributed by atoms with Crippen LogP contribution in [0.15, 0.2) is 30.3 Å². The predicted molar refractivity (Wildman–Crippen MR) is 126 cm³/mol. The van der Waals surface area contributed by atoms with Crippen molar-refractivity contribution >= 4 is 34.7 Å². The second-order valence-corrected chi connectivity index (χ2v) is 8.48. The number of amides is 2. The summed E-state index contributed by atoms with van der Waals surface area (Å²) in [5.41, 5.74) is 2.41. The molecule has 10 nitrogen and oxygen atoms in total. The van der Waals surface area contributed by atoms with E-state index in [1.165, 1.54) is 0 Å². The number of anilines is 2. The monoisotopic (exact) mass is 448 g/mol.